The fourth-order valence-corrected chi connectivity index (χ4v) is 2.79. The summed E-state index contributed by atoms with van der Waals surface area (Å²) in [4.78, 5) is 11.6. The molecular formula is C16H15F3N2O5S. The van der Waals surface area contributed by atoms with Crippen LogP contribution in [-0.2, 0) is 21.0 Å². The second kappa shape index (κ2) is 7.84. The van der Waals surface area contributed by atoms with E-state index in [9.17, 15) is 26.4 Å². The van der Waals surface area contributed by atoms with Gasteiger partial charge in [-0.3, -0.25) is 4.79 Å². The Morgan fingerprint density at radius 1 is 1.15 bits per heavy atom. The fraction of sp³-hybridized carbons (Fsp3) is 0.188. The minimum Gasteiger partial charge on any atom is -0.495 e. The minimum atomic E-state index is -4.47. The van der Waals surface area contributed by atoms with Gasteiger partial charge in [-0.05, 0) is 42.5 Å². The zero-order chi connectivity index (χ0) is 20.2. The van der Waals surface area contributed by atoms with Crippen LogP contribution in [-0.4, -0.2) is 28.0 Å². The lowest BCUT2D eigenvalue weighted by molar-refractivity contribution is -0.137. The van der Waals surface area contributed by atoms with E-state index < -0.39 is 34.3 Å². The largest absolute Gasteiger partial charge is 0.495 e. The number of carbonyl (C=O) groups excluding carboxylic acids is 1. The van der Waals surface area contributed by atoms with Crippen LogP contribution in [0.15, 0.2) is 47.4 Å². The van der Waals surface area contributed by atoms with Gasteiger partial charge >= 0.3 is 6.18 Å². The van der Waals surface area contributed by atoms with E-state index >= 15 is 0 Å². The van der Waals surface area contributed by atoms with Gasteiger partial charge < -0.3 is 14.8 Å². The molecule has 0 atom stereocenters. The van der Waals surface area contributed by atoms with E-state index in [0.29, 0.717) is 0 Å². The smallest absolute Gasteiger partial charge is 0.416 e. The number of hydrogen-bond donors (Lipinski definition) is 2. The van der Waals surface area contributed by atoms with Crippen LogP contribution in [0, 0.1) is 0 Å². The molecule has 0 heterocycles. The first kappa shape index (κ1) is 20.5. The Balaban J connectivity index is 2.02. The summed E-state index contributed by atoms with van der Waals surface area (Å²) in [7, 11) is -2.81. The Hall–Kier alpha value is -2.79. The molecule has 0 aliphatic carbocycles. The number of primary sulfonamides is 1. The summed E-state index contributed by atoms with van der Waals surface area (Å²) >= 11 is 0. The first-order chi connectivity index (χ1) is 12.5. The van der Waals surface area contributed by atoms with Gasteiger partial charge in [-0.1, -0.05) is 0 Å². The number of benzene rings is 2. The summed E-state index contributed by atoms with van der Waals surface area (Å²) in [5.41, 5.74) is -0.714. The lowest BCUT2D eigenvalue weighted by atomic mass is 10.2. The van der Waals surface area contributed by atoms with Crippen LogP contribution in [0.5, 0.6) is 11.5 Å². The van der Waals surface area contributed by atoms with Gasteiger partial charge in [0, 0.05) is 5.69 Å². The highest BCUT2D eigenvalue weighted by Gasteiger charge is 2.30. The number of amides is 1. The highest BCUT2D eigenvalue weighted by molar-refractivity contribution is 7.89. The fourth-order valence-electron chi connectivity index (χ4n) is 2.06. The van der Waals surface area contributed by atoms with Crippen LogP contribution in [0.3, 0.4) is 0 Å². The van der Waals surface area contributed by atoms with Crippen molar-refractivity contribution in [2.45, 2.75) is 11.1 Å². The zero-order valence-electron chi connectivity index (χ0n) is 13.9. The van der Waals surface area contributed by atoms with Crippen molar-refractivity contribution in [1.82, 2.24) is 0 Å². The number of halogens is 3. The summed E-state index contributed by atoms with van der Waals surface area (Å²) in [6, 6.07) is 7.65. The second-order valence-corrected chi connectivity index (χ2v) is 6.80. The standard InChI is InChI=1S/C16H15F3N2O5S/c1-25-13-7-4-11(8-14(13)27(20,23)24)21-15(22)9-26-12-5-2-10(3-6-12)16(17,18)19/h2-8H,9H2,1H3,(H,21,22)(H2,20,23,24). The number of ether oxygens (including phenoxy) is 2. The highest BCUT2D eigenvalue weighted by atomic mass is 32.2. The predicted octanol–water partition coefficient (Wildman–Crippen LogP) is 2.38. The van der Waals surface area contributed by atoms with E-state index in [1.165, 1.54) is 19.2 Å². The molecule has 0 aromatic heterocycles. The van der Waals surface area contributed by atoms with E-state index in [0.717, 1.165) is 30.3 Å². The number of rotatable bonds is 6. The molecule has 27 heavy (non-hydrogen) atoms. The van der Waals surface area contributed by atoms with Crippen molar-refractivity contribution in [3.63, 3.8) is 0 Å². The van der Waals surface area contributed by atoms with Gasteiger partial charge in [0.25, 0.3) is 5.91 Å². The van der Waals surface area contributed by atoms with E-state index in [4.69, 9.17) is 14.6 Å². The first-order valence-electron chi connectivity index (χ1n) is 7.31. The van der Waals surface area contributed by atoms with E-state index in [-0.39, 0.29) is 22.1 Å². The number of alkyl halides is 3. The molecular weight excluding hydrogens is 389 g/mol. The molecule has 0 aliphatic heterocycles. The summed E-state index contributed by atoms with van der Waals surface area (Å²) < 4.78 is 70.5. The number of hydrogen-bond acceptors (Lipinski definition) is 5. The molecule has 2 aromatic rings. The van der Waals surface area contributed by atoms with Crippen LogP contribution < -0.4 is 19.9 Å². The number of nitrogens with one attached hydrogen (secondary N) is 1. The van der Waals surface area contributed by atoms with Crippen LogP contribution in [0.1, 0.15) is 5.56 Å². The van der Waals surface area contributed by atoms with Crippen LogP contribution in [0.4, 0.5) is 18.9 Å². The van der Waals surface area contributed by atoms with Crippen molar-refractivity contribution in [1.29, 1.82) is 0 Å². The van der Waals surface area contributed by atoms with Gasteiger partial charge in [-0.2, -0.15) is 13.2 Å². The Bertz CT molecular complexity index is 928. The molecule has 146 valence electrons. The predicted molar refractivity (Wildman–Crippen MR) is 89.9 cm³/mol. The van der Waals surface area contributed by atoms with Crippen LogP contribution >= 0.6 is 0 Å². The monoisotopic (exact) mass is 404 g/mol. The van der Waals surface area contributed by atoms with Crippen molar-refractivity contribution in [2.24, 2.45) is 5.14 Å². The molecule has 3 N–H and O–H groups in total. The molecule has 0 radical (unpaired) electrons. The molecule has 0 fully saturated rings. The third kappa shape index (κ3) is 5.59. The molecule has 0 saturated carbocycles. The number of nitrogens with two attached hydrogens (primary N) is 1. The van der Waals surface area contributed by atoms with Gasteiger partial charge in [0.1, 0.15) is 16.4 Å². The third-order valence-corrected chi connectivity index (χ3v) is 4.24. The van der Waals surface area contributed by atoms with E-state index in [2.05, 4.69) is 5.32 Å². The summed E-state index contributed by atoms with van der Waals surface area (Å²) in [5.74, 6) is -0.574. The Kier molecular flexibility index (Phi) is 5.96. The summed E-state index contributed by atoms with van der Waals surface area (Å²) in [6.45, 7) is -0.498. The number of anilines is 1. The lowest BCUT2D eigenvalue weighted by Gasteiger charge is -2.11. The molecule has 2 rings (SSSR count). The van der Waals surface area contributed by atoms with Crippen molar-refractivity contribution in [3.8, 4) is 11.5 Å². The zero-order valence-corrected chi connectivity index (χ0v) is 14.7. The molecule has 0 saturated heterocycles. The number of sulfonamides is 1. The Labute approximate surface area is 152 Å². The number of methoxy groups -OCH3 is 1. The summed E-state index contributed by atoms with van der Waals surface area (Å²) in [5, 5.41) is 7.48. The quantitative estimate of drug-likeness (QED) is 0.769. The van der Waals surface area contributed by atoms with Crippen molar-refractivity contribution >= 4 is 21.6 Å². The van der Waals surface area contributed by atoms with E-state index in [1.54, 1.807) is 0 Å². The Morgan fingerprint density at radius 2 is 1.78 bits per heavy atom. The molecule has 7 nitrogen and oxygen atoms in total. The average molecular weight is 404 g/mol. The third-order valence-electron chi connectivity index (χ3n) is 3.31. The van der Waals surface area contributed by atoms with Gasteiger partial charge in [-0.15, -0.1) is 0 Å². The van der Waals surface area contributed by atoms with Crippen LogP contribution in [0.25, 0.3) is 0 Å². The first-order valence-corrected chi connectivity index (χ1v) is 8.86. The normalized spacial score (nSPS) is 11.7. The van der Waals surface area contributed by atoms with E-state index in [1.807, 2.05) is 0 Å². The molecule has 0 spiro atoms. The molecule has 2 aromatic carbocycles. The minimum absolute atomic E-state index is 0.0107. The van der Waals surface area contributed by atoms with Gasteiger partial charge in [-0.25, -0.2) is 13.6 Å². The van der Waals surface area contributed by atoms with Gasteiger partial charge in [0.2, 0.25) is 10.0 Å². The van der Waals surface area contributed by atoms with Gasteiger partial charge in [0.15, 0.2) is 6.61 Å². The average Bonchev–Trinajstić information content (AvgIpc) is 2.59. The maximum Gasteiger partial charge on any atom is 0.416 e. The van der Waals surface area contributed by atoms with Crippen molar-refractivity contribution in [2.75, 3.05) is 19.0 Å². The molecule has 0 bridgehead atoms. The van der Waals surface area contributed by atoms with Crippen molar-refractivity contribution in [3.05, 3.63) is 48.0 Å². The molecule has 0 aliphatic rings. The summed E-state index contributed by atoms with van der Waals surface area (Å²) in [6.07, 6.45) is -4.47. The molecule has 1 amide bonds. The topological polar surface area (TPSA) is 108 Å². The molecule has 11 heteroatoms. The highest BCUT2D eigenvalue weighted by Crippen LogP contribution is 2.30. The maximum absolute atomic E-state index is 12.5. The maximum atomic E-state index is 12.5. The second-order valence-electron chi connectivity index (χ2n) is 5.27. The van der Waals surface area contributed by atoms with Gasteiger partial charge in [0.05, 0.1) is 12.7 Å². The van der Waals surface area contributed by atoms with Crippen molar-refractivity contribution < 1.29 is 35.9 Å². The Morgan fingerprint density at radius 3 is 2.30 bits per heavy atom. The van der Waals surface area contributed by atoms with Crippen LogP contribution in [0.2, 0.25) is 0 Å². The number of carbonyl (C=O) groups is 1. The molecule has 0 unspecified atom stereocenters. The SMILES string of the molecule is COc1ccc(NC(=O)COc2ccc(C(F)(F)F)cc2)cc1S(N)(=O)=O. The lowest BCUT2D eigenvalue weighted by Crippen LogP contribution is -2.21.